The quantitative estimate of drug-likeness (QED) is 0.157. The molecule has 0 atom stereocenters. The first kappa shape index (κ1) is 34.1. The Morgan fingerprint density at radius 3 is 1.57 bits per heavy atom. The van der Waals surface area contributed by atoms with Crippen LogP contribution in [0.2, 0.25) is 0 Å². The lowest BCUT2D eigenvalue weighted by molar-refractivity contribution is 0.669. The molecular weight excluding hydrogens is 727 g/mol. The molecule has 0 aliphatic rings. The molecule has 0 spiro atoms. The Morgan fingerprint density at radius 1 is 0.300 bits per heavy atom. The van der Waals surface area contributed by atoms with Gasteiger partial charge in [-0.25, -0.2) is 0 Å². The van der Waals surface area contributed by atoms with Crippen molar-refractivity contribution in [2.24, 2.45) is 0 Å². The summed E-state index contributed by atoms with van der Waals surface area (Å²) in [5.74, 6) is 0. The van der Waals surface area contributed by atoms with E-state index in [1.807, 2.05) is 12.1 Å². The van der Waals surface area contributed by atoms with Gasteiger partial charge >= 0.3 is 0 Å². The molecule has 0 radical (unpaired) electrons. The van der Waals surface area contributed by atoms with E-state index >= 15 is 0 Å². The molecule has 0 amide bonds. The largest absolute Gasteiger partial charge is 0.456 e. The van der Waals surface area contributed by atoms with Crippen LogP contribution in [0.1, 0.15) is 0 Å². The van der Waals surface area contributed by atoms with Crippen LogP contribution < -0.4 is 4.90 Å². The van der Waals surface area contributed by atoms with Crippen LogP contribution in [0.3, 0.4) is 0 Å². The molecule has 12 rings (SSSR count). The van der Waals surface area contributed by atoms with Gasteiger partial charge in [0.05, 0.1) is 5.69 Å². The van der Waals surface area contributed by atoms with Crippen molar-refractivity contribution in [2.45, 2.75) is 0 Å². The normalized spacial score (nSPS) is 11.7. The molecule has 0 unspecified atom stereocenters. The predicted molar refractivity (Wildman–Crippen MR) is 255 cm³/mol. The van der Waals surface area contributed by atoms with Gasteiger partial charge in [0.1, 0.15) is 11.2 Å². The second-order valence-corrected chi connectivity index (χ2v) is 15.6. The van der Waals surface area contributed by atoms with E-state index in [1.165, 1.54) is 65.3 Å². The Bertz CT molecular complexity index is 3590. The summed E-state index contributed by atoms with van der Waals surface area (Å²) in [6.45, 7) is 0. The Balaban J connectivity index is 1.04. The number of benzene rings is 11. The standard InChI is InChI=1S/C58H37NO/c1-4-17-45-38(13-1)16-11-24-52(45)57-47-19-6-2-14-39(47)31-36-49(57)41-29-34-44(35-30-41)59(54-37-42-15-3-5-18-46(42)50-20-7-8-21-51(50)54)43-32-27-40(28-33-43)48-23-12-26-56-58(48)53-22-9-10-25-55(53)60-56/h1-37H. The lowest BCUT2D eigenvalue weighted by atomic mass is 9.87. The molecule has 0 fully saturated rings. The van der Waals surface area contributed by atoms with E-state index in [9.17, 15) is 0 Å². The molecule has 1 heterocycles. The summed E-state index contributed by atoms with van der Waals surface area (Å²) in [6.07, 6.45) is 0. The van der Waals surface area contributed by atoms with Crippen LogP contribution in [0.4, 0.5) is 17.1 Å². The molecule has 0 saturated heterocycles. The van der Waals surface area contributed by atoms with Crippen LogP contribution in [-0.4, -0.2) is 0 Å². The van der Waals surface area contributed by atoms with Gasteiger partial charge in [0.2, 0.25) is 0 Å². The monoisotopic (exact) mass is 763 g/mol. The Labute approximate surface area is 347 Å². The van der Waals surface area contributed by atoms with E-state index in [0.717, 1.165) is 50.1 Å². The van der Waals surface area contributed by atoms with E-state index < -0.39 is 0 Å². The molecule has 0 saturated carbocycles. The Morgan fingerprint density at radius 2 is 0.817 bits per heavy atom. The first-order chi connectivity index (χ1) is 29.8. The lowest BCUT2D eigenvalue weighted by Crippen LogP contribution is -2.10. The molecule has 2 heteroatoms. The van der Waals surface area contributed by atoms with E-state index in [4.69, 9.17) is 4.42 Å². The molecule has 0 bridgehead atoms. The number of nitrogens with zero attached hydrogens (tertiary/aromatic N) is 1. The zero-order valence-corrected chi connectivity index (χ0v) is 32.7. The van der Waals surface area contributed by atoms with Gasteiger partial charge in [-0.1, -0.05) is 182 Å². The minimum absolute atomic E-state index is 0.900. The van der Waals surface area contributed by atoms with E-state index in [2.05, 4.69) is 217 Å². The molecule has 0 N–H and O–H groups in total. The first-order valence-corrected chi connectivity index (χ1v) is 20.6. The average Bonchev–Trinajstić information content (AvgIpc) is 3.71. The third-order valence-electron chi connectivity index (χ3n) is 12.3. The van der Waals surface area contributed by atoms with E-state index in [-0.39, 0.29) is 0 Å². The zero-order chi connectivity index (χ0) is 39.6. The van der Waals surface area contributed by atoms with Crippen LogP contribution in [-0.2, 0) is 0 Å². The van der Waals surface area contributed by atoms with Crippen molar-refractivity contribution >= 4 is 82.1 Å². The first-order valence-electron chi connectivity index (χ1n) is 20.6. The number of hydrogen-bond acceptors (Lipinski definition) is 2. The summed E-state index contributed by atoms with van der Waals surface area (Å²) in [4.78, 5) is 2.42. The summed E-state index contributed by atoms with van der Waals surface area (Å²) in [5.41, 5.74) is 12.3. The third-order valence-corrected chi connectivity index (χ3v) is 12.3. The smallest absolute Gasteiger partial charge is 0.136 e. The highest BCUT2D eigenvalue weighted by Crippen LogP contribution is 2.46. The van der Waals surface area contributed by atoms with Gasteiger partial charge in [-0.2, -0.15) is 0 Å². The fourth-order valence-electron chi connectivity index (χ4n) is 9.49. The van der Waals surface area contributed by atoms with Gasteiger partial charge in [-0.05, 0) is 114 Å². The number of hydrogen-bond donors (Lipinski definition) is 0. The molecule has 2 nitrogen and oxygen atoms in total. The van der Waals surface area contributed by atoms with Gasteiger partial charge in [0.25, 0.3) is 0 Å². The lowest BCUT2D eigenvalue weighted by Gasteiger charge is -2.28. The van der Waals surface area contributed by atoms with Crippen LogP contribution in [0, 0.1) is 0 Å². The molecule has 60 heavy (non-hydrogen) atoms. The predicted octanol–water partition coefficient (Wildman–Crippen LogP) is 16.7. The highest BCUT2D eigenvalue weighted by Gasteiger charge is 2.20. The Hall–Kier alpha value is -7.94. The zero-order valence-electron chi connectivity index (χ0n) is 32.7. The summed E-state index contributed by atoms with van der Waals surface area (Å²) < 4.78 is 6.27. The number of furan rings is 1. The van der Waals surface area contributed by atoms with Crippen molar-refractivity contribution in [3.8, 4) is 33.4 Å². The Kier molecular flexibility index (Phi) is 7.89. The van der Waals surface area contributed by atoms with Gasteiger partial charge in [0.15, 0.2) is 0 Å². The summed E-state index contributed by atoms with van der Waals surface area (Å²) in [5, 5.41) is 12.1. The maximum Gasteiger partial charge on any atom is 0.136 e. The average molecular weight is 764 g/mol. The minimum atomic E-state index is 0.900. The van der Waals surface area contributed by atoms with Crippen molar-refractivity contribution in [2.75, 3.05) is 4.90 Å². The molecule has 0 aliphatic heterocycles. The molecule has 0 aliphatic carbocycles. The number of anilines is 3. The molecule has 1 aromatic heterocycles. The number of fused-ring (bicyclic) bond motifs is 8. The molecule has 280 valence electrons. The van der Waals surface area contributed by atoms with E-state index in [1.54, 1.807) is 0 Å². The SMILES string of the molecule is c1ccc2c(-c3c(-c4ccc(N(c5ccc(-c6cccc7oc8ccccc8c67)cc5)c5cc6ccccc6c6ccccc56)cc4)ccc4ccccc34)cccc2c1. The van der Waals surface area contributed by atoms with Crippen LogP contribution in [0.25, 0.3) is 98.4 Å². The van der Waals surface area contributed by atoms with Gasteiger partial charge in [-0.15, -0.1) is 0 Å². The van der Waals surface area contributed by atoms with Crippen LogP contribution in [0.5, 0.6) is 0 Å². The highest BCUT2D eigenvalue weighted by atomic mass is 16.3. The minimum Gasteiger partial charge on any atom is -0.456 e. The van der Waals surface area contributed by atoms with Gasteiger partial charge in [0, 0.05) is 27.5 Å². The highest BCUT2D eigenvalue weighted by molar-refractivity contribution is 6.16. The van der Waals surface area contributed by atoms with E-state index in [0.29, 0.717) is 0 Å². The maximum absolute atomic E-state index is 6.27. The summed E-state index contributed by atoms with van der Waals surface area (Å²) >= 11 is 0. The number of para-hydroxylation sites is 1. The van der Waals surface area contributed by atoms with Crippen molar-refractivity contribution in [3.63, 3.8) is 0 Å². The fraction of sp³-hybridized carbons (Fsp3) is 0. The third kappa shape index (κ3) is 5.50. The van der Waals surface area contributed by atoms with Crippen LogP contribution >= 0.6 is 0 Å². The summed E-state index contributed by atoms with van der Waals surface area (Å²) in [7, 11) is 0. The summed E-state index contributed by atoms with van der Waals surface area (Å²) in [6, 6.07) is 81.4. The number of rotatable bonds is 6. The maximum atomic E-state index is 6.27. The van der Waals surface area contributed by atoms with Crippen molar-refractivity contribution in [1.82, 2.24) is 0 Å². The van der Waals surface area contributed by atoms with Crippen molar-refractivity contribution in [1.29, 1.82) is 0 Å². The fourth-order valence-corrected chi connectivity index (χ4v) is 9.49. The second kappa shape index (κ2) is 13.9. The van der Waals surface area contributed by atoms with Crippen molar-refractivity contribution in [3.05, 3.63) is 224 Å². The molecule has 12 aromatic rings. The molecular formula is C58H37NO. The van der Waals surface area contributed by atoms with Crippen molar-refractivity contribution < 1.29 is 4.42 Å². The second-order valence-electron chi connectivity index (χ2n) is 15.6. The molecule has 11 aromatic carbocycles. The van der Waals surface area contributed by atoms with Gasteiger partial charge in [-0.3, -0.25) is 0 Å². The topological polar surface area (TPSA) is 16.4 Å². The van der Waals surface area contributed by atoms with Crippen LogP contribution in [0.15, 0.2) is 229 Å². The van der Waals surface area contributed by atoms with Gasteiger partial charge < -0.3 is 9.32 Å².